The molecule has 0 aromatic heterocycles. The second-order valence-electron chi connectivity index (χ2n) is 6.65. The predicted molar refractivity (Wildman–Crippen MR) is 79.9 cm³/mol. The molecule has 0 rings (SSSR count). The maximum Gasteiger partial charge on any atom is 0.0497 e. The molecule has 0 aromatic carbocycles. The first-order valence-corrected chi connectivity index (χ1v) is 7.31. The molecule has 18 heavy (non-hydrogen) atoms. The molecule has 1 N–H and O–H groups in total. The molecule has 0 aliphatic carbocycles. The van der Waals surface area contributed by atoms with E-state index < -0.39 is 0 Å². The number of aliphatic hydroxyl groups is 1. The van der Waals surface area contributed by atoms with Gasteiger partial charge in [-0.3, -0.25) is 0 Å². The molecule has 0 radical (unpaired) electrons. The van der Waals surface area contributed by atoms with E-state index in [2.05, 4.69) is 51.6 Å². The average Bonchev–Trinajstić information content (AvgIpc) is 2.25. The van der Waals surface area contributed by atoms with Crippen molar-refractivity contribution < 1.29 is 5.11 Å². The van der Waals surface area contributed by atoms with Crippen molar-refractivity contribution in [2.24, 2.45) is 11.3 Å². The van der Waals surface area contributed by atoms with Crippen LogP contribution in [0.5, 0.6) is 0 Å². The molecule has 1 unspecified atom stereocenters. The summed E-state index contributed by atoms with van der Waals surface area (Å²) in [5, 5.41) is 9.64. The van der Waals surface area contributed by atoms with Crippen LogP contribution in [0.3, 0.4) is 0 Å². The summed E-state index contributed by atoms with van der Waals surface area (Å²) in [6.45, 7) is 13.5. The van der Waals surface area contributed by atoms with Gasteiger partial charge in [-0.05, 0) is 26.4 Å². The van der Waals surface area contributed by atoms with Gasteiger partial charge in [0.1, 0.15) is 0 Å². The van der Waals surface area contributed by atoms with E-state index in [0.717, 1.165) is 39.0 Å². The van der Waals surface area contributed by atoms with E-state index >= 15 is 0 Å². The molecular weight excluding hydrogens is 224 g/mol. The van der Waals surface area contributed by atoms with Crippen LogP contribution >= 0.6 is 0 Å². The Morgan fingerprint density at radius 3 is 2.17 bits per heavy atom. The van der Waals surface area contributed by atoms with Crippen molar-refractivity contribution in [2.45, 2.75) is 40.5 Å². The van der Waals surface area contributed by atoms with Gasteiger partial charge in [-0.1, -0.05) is 34.1 Å². The van der Waals surface area contributed by atoms with Gasteiger partial charge in [0.2, 0.25) is 0 Å². The molecule has 0 aliphatic heterocycles. The number of likely N-dealkylation sites (N-methyl/N-ethyl adjacent to an activating group) is 1. The topological polar surface area (TPSA) is 26.7 Å². The lowest BCUT2D eigenvalue weighted by atomic mass is 9.85. The minimum atomic E-state index is 0.0515. The molecule has 0 saturated heterocycles. The predicted octanol–water partition coefficient (Wildman–Crippen LogP) is 2.30. The third-order valence-electron chi connectivity index (χ3n) is 3.33. The number of rotatable bonds is 10. The fraction of sp³-hybridized carbons (Fsp3) is 1.00. The number of hydrogen-bond donors (Lipinski definition) is 1. The molecule has 0 fully saturated rings. The molecule has 110 valence electrons. The van der Waals surface area contributed by atoms with Crippen LogP contribution in [0.4, 0.5) is 0 Å². The molecule has 0 aromatic rings. The third-order valence-corrected chi connectivity index (χ3v) is 3.33. The molecule has 0 heterocycles. The first-order chi connectivity index (χ1) is 8.33. The quantitative estimate of drug-likeness (QED) is 0.651. The van der Waals surface area contributed by atoms with Crippen molar-refractivity contribution >= 4 is 0 Å². The zero-order chi connectivity index (χ0) is 14.2. The largest absolute Gasteiger partial charge is 0.396 e. The Morgan fingerprint density at radius 1 is 1.17 bits per heavy atom. The van der Waals surface area contributed by atoms with Gasteiger partial charge in [0.05, 0.1) is 0 Å². The molecular formula is C15H34N2O. The van der Waals surface area contributed by atoms with Crippen LogP contribution in [-0.2, 0) is 0 Å². The summed E-state index contributed by atoms with van der Waals surface area (Å²) < 4.78 is 0. The highest BCUT2D eigenvalue weighted by molar-refractivity contribution is 4.78. The summed E-state index contributed by atoms with van der Waals surface area (Å²) >= 11 is 0. The first kappa shape index (κ1) is 17.9. The van der Waals surface area contributed by atoms with Gasteiger partial charge in [-0.15, -0.1) is 0 Å². The zero-order valence-electron chi connectivity index (χ0n) is 13.4. The Morgan fingerprint density at radius 2 is 1.78 bits per heavy atom. The van der Waals surface area contributed by atoms with Crippen LogP contribution in [-0.4, -0.2) is 61.8 Å². The van der Waals surface area contributed by atoms with Crippen LogP contribution in [0, 0.1) is 11.3 Å². The smallest absolute Gasteiger partial charge is 0.0497 e. The number of nitrogens with zero attached hydrogens (tertiary/aromatic N) is 2. The van der Waals surface area contributed by atoms with Gasteiger partial charge in [0.25, 0.3) is 0 Å². The van der Waals surface area contributed by atoms with Gasteiger partial charge in [-0.2, -0.15) is 0 Å². The highest BCUT2D eigenvalue weighted by atomic mass is 16.3. The van der Waals surface area contributed by atoms with Crippen LogP contribution in [0.1, 0.15) is 40.5 Å². The lowest BCUT2D eigenvalue weighted by Gasteiger charge is -2.35. The van der Waals surface area contributed by atoms with Gasteiger partial charge >= 0.3 is 0 Å². The van der Waals surface area contributed by atoms with Crippen molar-refractivity contribution in [2.75, 3.05) is 46.9 Å². The van der Waals surface area contributed by atoms with Gasteiger partial charge in [-0.25, -0.2) is 0 Å². The molecule has 0 bridgehead atoms. The molecule has 0 spiro atoms. The Hall–Kier alpha value is -0.120. The molecule has 0 amide bonds. The van der Waals surface area contributed by atoms with E-state index in [9.17, 15) is 5.11 Å². The lowest BCUT2D eigenvalue weighted by Crippen LogP contribution is -2.42. The normalized spacial score (nSPS) is 15.7. The second-order valence-corrected chi connectivity index (χ2v) is 6.65. The summed E-state index contributed by atoms with van der Waals surface area (Å²) in [6.07, 6.45) is 2.24. The van der Waals surface area contributed by atoms with E-state index in [0.29, 0.717) is 5.92 Å². The summed E-state index contributed by atoms with van der Waals surface area (Å²) in [5.41, 5.74) is 0.0515. The molecule has 0 aliphatic rings. The van der Waals surface area contributed by atoms with E-state index in [4.69, 9.17) is 0 Å². The van der Waals surface area contributed by atoms with Crippen molar-refractivity contribution in [3.63, 3.8) is 0 Å². The fourth-order valence-corrected chi connectivity index (χ4v) is 2.44. The van der Waals surface area contributed by atoms with Crippen LogP contribution in [0.2, 0.25) is 0 Å². The second kappa shape index (κ2) is 8.89. The number of hydrogen-bond acceptors (Lipinski definition) is 3. The maximum absolute atomic E-state index is 9.64. The molecule has 0 saturated carbocycles. The minimum Gasteiger partial charge on any atom is -0.396 e. The Balaban J connectivity index is 4.44. The van der Waals surface area contributed by atoms with Gasteiger partial charge in [0.15, 0.2) is 0 Å². The molecule has 3 heteroatoms. The molecule has 1 atom stereocenters. The van der Waals surface area contributed by atoms with Crippen LogP contribution in [0.25, 0.3) is 0 Å². The van der Waals surface area contributed by atoms with E-state index in [1.165, 1.54) is 0 Å². The Bertz CT molecular complexity index is 207. The molecule has 3 nitrogen and oxygen atoms in total. The fourth-order valence-electron chi connectivity index (χ4n) is 2.44. The standard InChI is InChI=1S/C15H34N2O/c1-7-8-15(4,13-18)12-17(11-14(2)3)10-9-16(5)6/h14,18H,7-13H2,1-6H3. The van der Waals surface area contributed by atoms with Crippen molar-refractivity contribution in [3.05, 3.63) is 0 Å². The summed E-state index contributed by atoms with van der Waals surface area (Å²) in [7, 11) is 4.23. The van der Waals surface area contributed by atoms with E-state index in [1.54, 1.807) is 0 Å². The summed E-state index contributed by atoms with van der Waals surface area (Å²) in [6, 6.07) is 0. The highest BCUT2D eigenvalue weighted by Crippen LogP contribution is 2.24. The van der Waals surface area contributed by atoms with Crippen molar-refractivity contribution in [3.8, 4) is 0 Å². The lowest BCUT2D eigenvalue weighted by molar-refractivity contribution is 0.0713. The van der Waals surface area contributed by atoms with Crippen molar-refractivity contribution in [1.82, 2.24) is 9.80 Å². The highest BCUT2D eigenvalue weighted by Gasteiger charge is 2.25. The van der Waals surface area contributed by atoms with Crippen LogP contribution in [0.15, 0.2) is 0 Å². The zero-order valence-corrected chi connectivity index (χ0v) is 13.4. The summed E-state index contributed by atoms with van der Waals surface area (Å²) in [4.78, 5) is 4.74. The Labute approximate surface area is 114 Å². The third kappa shape index (κ3) is 8.06. The SMILES string of the molecule is CCCC(C)(CO)CN(CCN(C)C)CC(C)C. The van der Waals surface area contributed by atoms with Crippen molar-refractivity contribution in [1.29, 1.82) is 0 Å². The summed E-state index contributed by atoms with van der Waals surface area (Å²) in [5.74, 6) is 0.678. The van der Waals surface area contributed by atoms with Crippen LogP contribution < -0.4 is 0 Å². The minimum absolute atomic E-state index is 0.0515. The maximum atomic E-state index is 9.64. The Kier molecular flexibility index (Phi) is 8.83. The van der Waals surface area contributed by atoms with E-state index in [1.807, 2.05) is 0 Å². The van der Waals surface area contributed by atoms with Gasteiger partial charge < -0.3 is 14.9 Å². The monoisotopic (exact) mass is 258 g/mol. The van der Waals surface area contributed by atoms with E-state index in [-0.39, 0.29) is 12.0 Å². The first-order valence-electron chi connectivity index (χ1n) is 7.31. The van der Waals surface area contributed by atoms with Gasteiger partial charge in [0, 0.05) is 38.2 Å². The number of aliphatic hydroxyl groups excluding tert-OH is 1. The average molecular weight is 258 g/mol.